The highest BCUT2D eigenvalue weighted by molar-refractivity contribution is 6.00. The molecule has 4 heteroatoms. The quantitative estimate of drug-likeness (QED) is 0.937. The maximum absolute atomic E-state index is 11.8. The Hall–Kier alpha value is -2.20. The molecule has 0 unspecified atom stereocenters. The molecule has 1 heterocycles. The first-order valence-corrected chi connectivity index (χ1v) is 6.85. The van der Waals surface area contributed by atoms with E-state index < -0.39 is 5.91 Å². The van der Waals surface area contributed by atoms with Gasteiger partial charge in [-0.05, 0) is 44.0 Å². The number of ether oxygens (including phenoxy) is 1. The van der Waals surface area contributed by atoms with Crippen LogP contribution in [0.15, 0.2) is 30.3 Å². The van der Waals surface area contributed by atoms with Crippen LogP contribution in [0.4, 0.5) is 0 Å². The first kappa shape index (κ1) is 15.2. The van der Waals surface area contributed by atoms with Gasteiger partial charge in [0.05, 0.1) is 17.4 Å². The number of amides is 1. The molecule has 0 radical (unpaired) electrons. The molecule has 2 rings (SSSR count). The maximum atomic E-state index is 11.8. The molecule has 0 aliphatic rings. The van der Waals surface area contributed by atoms with Crippen molar-refractivity contribution >= 4 is 5.91 Å². The second kappa shape index (κ2) is 6.06. The molecule has 1 aromatic carbocycles. The average Bonchev–Trinajstić information content (AvgIpc) is 2.45. The molecule has 0 saturated carbocycles. The van der Waals surface area contributed by atoms with Gasteiger partial charge in [-0.25, -0.2) is 0 Å². The molecule has 0 saturated heterocycles. The summed E-state index contributed by atoms with van der Waals surface area (Å²) in [4.78, 5) is 16.3. The summed E-state index contributed by atoms with van der Waals surface area (Å²) in [6, 6.07) is 9.71. The number of rotatable bonds is 4. The summed E-state index contributed by atoms with van der Waals surface area (Å²) in [5, 5.41) is 0. The van der Waals surface area contributed by atoms with Crippen LogP contribution in [0, 0.1) is 13.8 Å². The predicted molar refractivity (Wildman–Crippen MR) is 83.1 cm³/mol. The number of primary amides is 1. The minimum atomic E-state index is -0.458. The second-order valence-corrected chi connectivity index (χ2v) is 5.17. The van der Waals surface area contributed by atoms with Crippen molar-refractivity contribution in [3.63, 3.8) is 0 Å². The number of methoxy groups -OCH3 is 1. The van der Waals surface area contributed by atoms with Gasteiger partial charge in [0.1, 0.15) is 0 Å². The smallest absolute Gasteiger partial charge is 0.251 e. The maximum Gasteiger partial charge on any atom is 0.251 e. The molecule has 1 atom stereocenters. The highest BCUT2D eigenvalue weighted by atomic mass is 16.5. The average molecular weight is 284 g/mol. The molecule has 0 fully saturated rings. The first-order valence-electron chi connectivity index (χ1n) is 6.85. The highest BCUT2D eigenvalue weighted by Crippen LogP contribution is 2.27. The lowest BCUT2D eigenvalue weighted by Crippen LogP contribution is -2.15. The largest absolute Gasteiger partial charge is 0.377 e. The summed E-state index contributed by atoms with van der Waals surface area (Å²) in [6.07, 6.45) is -0.0205. The molecule has 1 aromatic heterocycles. The second-order valence-electron chi connectivity index (χ2n) is 5.17. The third kappa shape index (κ3) is 3.11. The van der Waals surface area contributed by atoms with Gasteiger partial charge in [0.25, 0.3) is 5.91 Å². The molecule has 2 N–H and O–H groups in total. The number of aromatic nitrogens is 1. The van der Waals surface area contributed by atoms with Crippen molar-refractivity contribution in [2.75, 3.05) is 7.11 Å². The van der Waals surface area contributed by atoms with Crippen molar-refractivity contribution in [3.05, 3.63) is 52.7 Å². The summed E-state index contributed by atoms with van der Waals surface area (Å²) in [5.74, 6) is -0.458. The fraction of sp³-hybridized carbons (Fsp3) is 0.294. The van der Waals surface area contributed by atoms with E-state index in [9.17, 15) is 4.79 Å². The van der Waals surface area contributed by atoms with Gasteiger partial charge in [-0.3, -0.25) is 9.78 Å². The monoisotopic (exact) mass is 284 g/mol. The van der Waals surface area contributed by atoms with Crippen LogP contribution in [-0.2, 0) is 4.74 Å². The zero-order valence-corrected chi connectivity index (χ0v) is 12.8. The van der Waals surface area contributed by atoms with Gasteiger partial charge in [0.2, 0.25) is 0 Å². The van der Waals surface area contributed by atoms with Gasteiger partial charge in [-0.1, -0.05) is 18.2 Å². The fourth-order valence-corrected chi connectivity index (χ4v) is 2.43. The van der Waals surface area contributed by atoms with E-state index in [0.717, 1.165) is 22.4 Å². The summed E-state index contributed by atoms with van der Waals surface area (Å²) in [7, 11) is 1.67. The Morgan fingerprint density at radius 3 is 2.62 bits per heavy atom. The van der Waals surface area contributed by atoms with Crippen molar-refractivity contribution < 1.29 is 9.53 Å². The van der Waals surface area contributed by atoms with Gasteiger partial charge in [-0.2, -0.15) is 0 Å². The summed E-state index contributed by atoms with van der Waals surface area (Å²) in [5.41, 5.74) is 10.2. The van der Waals surface area contributed by atoms with E-state index in [4.69, 9.17) is 10.5 Å². The predicted octanol–water partition coefficient (Wildman–Crippen LogP) is 3.17. The van der Waals surface area contributed by atoms with Crippen LogP contribution in [0.2, 0.25) is 0 Å². The number of carbonyl (C=O) groups excluding carboxylic acids is 1. The summed E-state index contributed by atoms with van der Waals surface area (Å²) in [6.45, 7) is 5.76. The van der Waals surface area contributed by atoms with Crippen LogP contribution < -0.4 is 5.73 Å². The number of hydrogen-bond donors (Lipinski definition) is 1. The number of carbonyl (C=O) groups is 1. The lowest BCUT2D eigenvalue weighted by atomic mass is 9.98. The zero-order chi connectivity index (χ0) is 15.6. The van der Waals surface area contributed by atoms with Crippen LogP contribution in [0.5, 0.6) is 0 Å². The summed E-state index contributed by atoms with van der Waals surface area (Å²) >= 11 is 0. The molecule has 110 valence electrons. The van der Waals surface area contributed by atoms with Gasteiger partial charge in [0.15, 0.2) is 0 Å². The molecule has 21 heavy (non-hydrogen) atoms. The molecular weight excluding hydrogens is 264 g/mol. The Bertz CT molecular complexity index is 680. The molecule has 0 aliphatic heterocycles. The minimum Gasteiger partial charge on any atom is -0.377 e. The van der Waals surface area contributed by atoms with E-state index in [0.29, 0.717) is 11.3 Å². The number of aryl methyl sites for hydroxylation is 2. The third-order valence-corrected chi connectivity index (χ3v) is 3.57. The van der Waals surface area contributed by atoms with Crippen LogP contribution in [0.25, 0.3) is 11.3 Å². The van der Waals surface area contributed by atoms with Gasteiger partial charge in [-0.15, -0.1) is 0 Å². The van der Waals surface area contributed by atoms with E-state index in [1.165, 1.54) is 0 Å². The minimum absolute atomic E-state index is 0.0205. The Balaban J connectivity index is 2.64. The topological polar surface area (TPSA) is 65.2 Å². The number of pyridine rings is 1. The van der Waals surface area contributed by atoms with Crippen LogP contribution in [0.1, 0.15) is 40.2 Å². The molecule has 1 amide bonds. The van der Waals surface area contributed by atoms with Gasteiger partial charge >= 0.3 is 0 Å². The van der Waals surface area contributed by atoms with Crippen molar-refractivity contribution in [2.24, 2.45) is 5.73 Å². The molecule has 0 spiro atoms. The van der Waals surface area contributed by atoms with Crippen molar-refractivity contribution in [1.82, 2.24) is 4.98 Å². The first-order chi connectivity index (χ1) is 9.93. The number of nitrogens with two attached hydrogens (primary N) is 1. The summed E-state index contributed by atoms with van der Waals surface area (Å²) < 4.78 is 5.34. The van der Waals surface area contributed by atoms with Crippen molar-refractivity contribution in [1.29, 1.82) is 0 Å². The Morgan fingerprint density at radius 2 is 2.00 bits per heavy atom. The third-order valence-electron chi connectivity index (χ3n) is 3.57. The van der Waals surface area contributed by atoms with Crippen molar-refractivity contribution in [3.8, 4) is 11.3 Å². The zero-order valence-electron chi connectivity index (χ0n) is 12.8. The fourth-order valence-electron chi connectivity index (χ4n) is 2.43. The Morgan fingerprint density at radius 1 is 1.29 bits per heavy atom. The lowest BCUT2D eigenvalue weighted by molar-refractivity contribution is 0.1000. The lowest BCUT2D eigenvalue weighted by Gasteiger charge is -2.14. The van der Waals surface area contributed by atoms with Gasteiger partial charge in [0, 0.05) is 18.4 Å². The SMILES string of the molecule is CO[C@@H](C)c1cccc(-c2nc(C)cc(C)c2C(N)=O)c1. The van der Waals surface area contributed by atoms with E-state index in [-0.39, 0.29) is 6.10 Å². The molecule has 2 aromatic rings. The van der Waals surface area contributed by atoms with Gasteiger partial charge < -0.3 is 10.5 Å². The Kier molecular flexibility index (Phi) is 4.38. The number of hydrogen-bond acceptors (Lipinski definition) is 3. The molecule has 0 bridgehead atoms. The molecule has 0 aliphatic carbocycles. The van der Waals surface area contributed by atoms with E-state index in [1.54, 1.807) is 7.11 Å². The van der Waals surface area contributed by atoms with E-state index in [1.807, 2.05) is 51.1 Å². The van der Waals surface area contributed by atoms with Crippen LogP contribution in [0.3, 0.4) is 0 Å². The number of nitrogens with zero attached hydrogens (tertiary/aromatic N) is 1. The van der Waals surface area contributed by atoms with Crippen molar-refractivity contribution in [2.45, 2.75) is 26.9 Å². The van der Waals surface area contributed by atoms with E-state index in [2.05, 4.69) is 4.98 Å². The molecular formula is C17H20N2O2. The van der Waals surface area contributed by atoms with E-state index >= 15 is 0 Å². The molecule has 4 nitrogen and oxygen atoms in total. The van der Waals surface area contributed by atoms with Crippen LogP contribution in [-0.4, -0.2) is 18.0 Å². The van der Waals surface area contributed by atoms with Crippen LogP contribution >= 0.6 is 0 Å². The normalized spacial score (nSPS) is 12.2. The highest BCUT2D eigenvalue weighted by Gasteiger charge is 2.16. The number of benzene rings is 1. The Labute approximate surface area is 125 Å². The standard InChI is InChI=1S/C17H20N2O2/c1-10-8-11(2)19-16(15(10)17(18)20)14-7-5-6-13(9-14)12(3)21-4/h5-9,12H,1-4H3,(H2,18,20)/t12-/m0/s1.